The Labute approximate surface area is 91.1 Å². The molecule has 5 heteroatoms. The van der Waals surface area contributed by atoms with Gasteiger partial charge in [-0.15, -0.1) is 0 Å². The molecule has 2 aromatic heterocycles. The van der Waals surface area contributed by atoms with E-state index in [4.69, 9.17) is 16.3 Å². The maximum atomic E-state index is 11.7. The van der Waals surface area contributed by atoms with Crippen molar-refractivity contribution in [3.05, 3.63) is 39.4 Å². The Morgan fingerprint density at radius 3 is 2.93 bits per heavy atom. The lowest BCUT2D eigenvalue weighted by Gasteiger charge is -2.05. The quantitative estimate of drug-likeness (QED) is 0.692. The zero-order valence-electron chi connectivity index (χ0n) is 8.32. The molecule has 2 heterocycles. The molecule has 78 valence electrons. The lowest BCUT2D eigenvalue weighted by atomic mass is 10.3. The highest BCUT2D eigenvalue weighted by Crippen LogP contribution is 2.14. The average molecular weight is 225 g/mol. The van der Waals surface area contributed by atoms with Crippen molar-refractivity contribution >= 4 is 17.2 Å². The van der Waals surface area contributed by atoms with E-state index in [-0.39, 0.29) is 10.7 Å². The molecule has 0 saturated carbocycles. The van der Waals surface area contributed by atoms with Gasteiger partial charge in [0.25, 0.3) is 5.56 Å². The van der Waals surface area contributed by atoms with E-state index in [1.807, 2.05) is 0 Å². The van der Waals surface area contributed by atoms with Crippen LogP contribution in [-0.2, 0) is 0 Å². The lowest BCUT2D eigenvalue weighted by Crippen LogP contribution is -2.17. The molecule has 0 fully saturated rings. The number of hydrogen-bond donors (Lipinski definition) is 0. The fourth-order valence-electron chi connectivity index (χ4n) is 1.31. The predicted molar refractivity (Wildman–Crippen MR) is 57.8 cm³/mol. The molecule has 2 aromatic rings. The van der Waals surface area contributed by atoms with Crippen molar-refractivity contribution in [2.75, 3.05) is 7.11 Å². The van der Waals surface area contributed by atoms with Crippen molar-refractivity contribution in [1.82, 2.24) is 9.38 Å². The van der Waals surface area contributed by atoms with Crippen LogP contribution in [0.3, 0.4) is 0 Å². The third-order valence-electron chi connectivity index (χ3n) is 2.20. The minimum atomic E-state index is -0.160. The van der Waals surface area contributed by atoms with E-state index in [0.717, 1.165) is 0 Å². The minimum Gasteiger partial charge on any atom is -0.497 e. The first kappa shape index (κ1) is 9.98. The maximum absolute atomic E-state index is 11.7. The van der Waals surface area contributed by atoms with Crippen LogP contribution in [0.1, 0.15) is 5.56 Å². The van der Waals surface area contributed by atoms with Crippen LogP contribution in [-0.4, -0.2) is 16.5 Å². The van der Waals surface area contributed by atoms with Crippen molar-refractivity contribution in [2.24, 2.45) is 0 Å². The molecule has 2 rings (SSSR count). The van der Waals surface area contributed by atoms with Gasteiger partial charge >= 0.3 is 0 Å². The van der Waals surface area contributed by atoms with Crippen molar-refractivity contribution in [3.8, 4) is 5.75 Å². The van der Waals surface area contributed by atoms with Crippen molar-refractivity contribution in [3.63, 3.8) is 0 Å². The molecule has 0 N–H and O–H groups in total. The molecule has 0 atom stereocenters. The van der Waals surface area contributed by atoms with Crippen molar-refractivity contribution in [2.45, 2.75) is 6.92 Å². The Hall–Kier alpha value is -1.55. The molecule has 0 aliphatic heterocycles. The number of methoxy groups -OCH3 is 1. The molecule has 15 heavy (non-hydrogen) atoms. The Morgan fingerprint density at radius 2 is 2.27 bits per heavy atom. The van der Waals surface area contributed by atoms with Gasteiger partial charge in [0.1, 0.15) is 16.5 Å². The van der Waals surface area contributed by atoms with E-state index in [1.165, 1.54) is 4.40 Å². The van der Waals surface area contributed by atoms with Gasteiger partial charge in [-0.05, 0) is 13.0 Å². The fraction of sp³-hybridized carbons (Fsp3) is 0.200. The number of fused-ring (bicyclic) bond motifs is 1. The smallest absolute Gasteiger partial charge is 0.262 e. The number of pyridine rings is 1. The van der Waals surface area contributed by atoms with Crippen LogP contribution in [0.2, 0.25) is 5.15 Å². The van der Waals surface area contributed by atoms with E-state index in [2.05, 4.69) is 4.98 Å². The second-order valence-electron chi connectivity index (χ2n) is 3.13. The van der Waals surface area contributed by atoms with Crippen LogP contribution >= 0.6 is 11.6 Å². The second-order valence-corrected chi connectivity index (χ2v) is 3.49. The lowest BCUT2D eigenvalue weighted by molar-refractivity contribution is 0.414. The SMILES string of the molecule is COc1ccn2c(=O)c(C)c(Cl)nc2c1. The highest BCUT2D eigenvalue weighted by atomic mass is 35.5. The fourth-order valence-corrected chi connectivity index (χ4v) is 1.47. The van der Waals surface area contributed by atoms with Gasteiger partial charge in [-0.1, -0.05) is 11.6 Å². The number of hydrogen-bond acceptors (Lipinski definition) is 3. The van der Waals surface area contributed by atoms with Gasteiger partial charge in [-0.2, -0.15) is 0 Å². The predicted octanol–water partition coefficient (Wildman–Crippen LogP) is 1.66. The Kier molecular flexibility index (Phi) is 2.36. The Bertz CT molecular complexity index is 577. The monoisotopic (exact) mass is 224 g/mol. The minimum absolute atomic E-state index is 0.160. The average Bonchev–Trinajstić information content (AvgIpc) is 2.25. The second kappa shape index (κ2) is 3.55. The number of aromatic nitrogens is 2. The van der Waals surface area contributed by atoms with Gasteiger partial charge < -0.3 is 4.74 Å². The molecular weight excluding hydrogens is 216 g/mol. The summed E-state index contributed by atoms with van der Waals surface area (Å²) in [6, 6.07) is 3.36. The third kappa shape index (κ3) is 1.57. The third-order valence-corrected chi connectivity index (χ3v) is 2.57. The molecular formula is C10H9ClN2O2. The van der Waals surface area contributed by atoms with Crippen LogP contribution in [0.5, 0.6) is 5.75 Å². The first-order chi connectivity index (χ1) is 7.13. The van der Waals surface area contributed by atoms with Gasteiger partial charge in [0.05, 0.1) is 12.7 Å². The van der Waals surface area contributed by atoms with Crippen LogP contribution in [0.15, 0.2) is 23.1 Å². The summed E-state index contributed by atoms with van der Waals surface area (Å²) >= 11 is 5.82. The molecule has 4 nitrogen and oxygen atoms in total. The molecule has 0 aromatic carbocycles. The van der Waals surface area contributed by atoms with Crippen molar-refractivity contribution < 1.29 is 4.74 Å². The molecule has 0 radical (unpaired) electrons. The highest BCUT2D eigenvalue weighted by Gasteiger charge is 2.06. The van der Waals surface area contributed by atoms with E-state index in [9.17, 15) is 4.79 Å². The van der Waals surface area contributed by atoms with Crippen LogP contribution in [0, 0.1) is 6.92 Å². The molecule has 0 aliphatic carbocycles. The van der Waals surface area contributed by atoms with Crippen LogP contribution in [0.4, 0.5) is 0 Å². The largest absolute Gasteiger partial charge is 0.497 e. The summed E-state index contributed by atoms with van der Waals surface area (Å²) in [5.74, 6) is 0.641. The Morgan fingerprint density at radius 1 is 1.53 bits per heavy atom. The molecule has 0 spiro atoms. The molecule has 0 aliphatic rings. The van der Waals surface area contributed by atoms with Gasteiger partial charge in [0, 0.05) is 12.3 Å². The topological polar surface area (TPSA) is 43.6 Å². The number of rotatable bonds is 1. The van der Waals surface area contributed by atoms with Gasteiger partial charge in [-0.3, -0.25) is 9.20 Å². The van der Waals surface area contributed by atoms with Gasteiger partial charge in [0.2, 0.25) is 0 Å². The Balaban J connectivity index is 2.86. The molecule has 0 unspecified atom stereocenters. The first-order valence-corrected chi connectivity index (χ1v) is 4.74. The number of halogens is 1. The molecule has 0 amide bonds. The zero-order chi connectivity index (χ0) is 11.0. The summed E-state index contributed by atoms with van der Waals surface area (Å²) in [5, 5.41) is 0.230. The zero-order valence-corrected chi connectivity index (χ0v) is 9.08. The summed E-state index contributed by atoms with van der Waals surface area (Å²) in [6.07, 6.45) is 1.62. The van der Waals surface area contributed by atoms with E-state index >= 15 is 0 Å². The van der Waals surface area contributed by atoms with Gasteiger partial charge in [0.15, 0.2) is 0 Å². The summed E-state index contributed by atoms with van der Waals surface area (Å²) in [6.45, 7) is 1.65. The standard InChI is InChI=1S/C10H9ClN2O2/c1-6-9(11)12-8-5-7(15-2)3-4-13(8)10(6)14/h3-5H,1-2H3. The molecule has 0 saturated heterocycles. The maximum Gasteiger partial charge on any atom is 0.262 e. The number of nitrogens with zero attached hydrogens (tertiary/aromatic N) is 2. The van der Waals surface area contributed by atoms with E-state index in [1.54, 1.807) is 32.4 Å². The first-order valence-electron chi connectivity index (χ1n) is 4.36. The summed E-state index contributed by atoms with van der Waals surface area (Å²) < 4.78 is 6.47. The summed E-state index contributed by atoms with van der Waals surface area (Å²) in [5.41, 5.74) is 0.766. The number of ether oxygens (including phenoxy) is 1. The van der Waals surface area contributed by atoms with Crippen LogP contribution in [0.25, 0.3) is 5.65 Å². The van der Waals surface area contributed by atoms with E-state index in [0.29, 0.717) is 17.0 Å². The summed E-state index contributed by atoms with van der Waals surface area (Å²) in [7, 11) is 1.56. The normalized spacial score (nSPS) is 10.6. The summed E-state index contributed by atoms with van der Waals surface area (Å²) in [4.78, 5) is 15.8. The van der Waals surface area contributed by atoms with Crippen molar-refractivity contribution in [1.29, 1.82) is 0 Å². The van der Waals surface area contributed by atoms with E-state index < -0.39 is 0 Å². The van der Waals surface area contributed by atoms with Crippen LogP contribution < -0.4 is 10.3 Å². The highest BCUT2D eigenvalue weighted by molar-refractivity contribution is 6.30. The molecule has 0 bridgehead atoms. The van der Waals surface area contributed by atoms with Gasteiger partial charge in [-0.25, -0.2) is 4.98 Å².